The average Bonchev–Trinajstić information content (AvgIpc) is 2.46. The van der Waals surface area contributed by atoms with Crippen LogP contribution < -0.4 is 14.8 Å². The van der Waals surface area contributed by atoms with Gasteiger partial charge in [0.05, 0.1) is 17.8 Å². The Morgan fingerprint density at radius 1 is 1.20 bits per heavy atom. The smallest absolute Gasteiger partial charge is 0.161 e. The van der Waals surface area contributed by atoms with E-state index in [0.717, 1.165) is 0 Å². The fourth-order valence-electron chi connectivity index (χ4n) is 1.63. The van der Waals surface area contributed by atoms with Crippen LogP contribution in [0.2, 0.25) is 10.0 Å². The fourth-order valence-corrected chi connectivity index (χ4v) is 2.24. The van der Waals surface area contributed by atoms with Crippen molar-refractivity contribution in [1.82, 2.24) is 0 Å². The fraction of sp³-hybridized carbons (Fsp3) is 0.143. The van der Waals surface area contributed by atoms with E-state index in [9.17, 15) is 5.11 Å². The van der Waals surface area contributed by atoms with Gasteiger partial charge < -0.3 is 19.9 Å². The Labute approximate surface area is 126 Å². The summed E-state index contributed by atoms with van der Waals surface area (Å²) in [5, 5.41) is 13.2. The molecular formula is C14H13Cl2NO3. The van der Waals surface area contributed by atoms with Crippen molar-refractivity contribution in [2.75, 3.05) is 19.2 Å². The van der Waals surface area contributed by atoms with Crippen molar-refractivity contribution in [3.8, 4) is 17.2 Å². The van der Waals surface area contributed by atoms with Crippen LogP contribution in [0.4, 0.5) is 5.69 Å². The molecular weight excluding hydrogens is 301 g/mol. The number of ether oxygens (including phenoxy) is 2. The van der Waals surface area contributed by atoms with Crippen LogP contribution in [0.5, 0.6) is 17.2 Å². The number of para-hydroxylation sites is 1. The number of hydrogen-bond donors (Lipinski definition) is 2. The summed E-state index contributed by atoms with van der Waals surface area (Å²) in [7, 11) is 1.43. The van der Waals surface area contributed by atoms with Crippen LogP contribution in [0, 0.1) is 0 Å². The summed E-state index contributed by atoms with van der Waals surface area (Å²) in [6.45, 7) is 0.163. The van der Waals surface area contributed by atoms with Gasteiger partial charge in [0.25, 0.3) is 0 Å². The first-order chi connectivity index (χ1) is 9.63. The number of aromatic hydroxyl groups is 1. The molecule has 20 heavy (non-hydrogen) atoms. The Balaban J connectivity index is 2.07. The maximum atomic E-state index is 9.94. The van der Waals surface area contributed by atoms with E-state index in [1.807, 2.05) is 30.3 Å². The van der Waals surface area contributed by atoms with Crippen molar-refractivity contribution in [3.63, 3.8) is 0 Å². The first-order valence-electron chi connectivity index (χ1n) is 5.80. The van der Waals surface area contributed by atoms with Crippen LogP contribution in [0.1, 0.15) is 0 Å². The molecule has 0 spiro atoms. The average molecular weight is 314 g/mol. The largest absolute Gasteiger partial charge is 0.504 e. The van der Waals surface area contributed by atoms with E-state index in [2.05, 4.69) is 5.32 Å². The lowest BCUT2D eigenvalue weighted by Gasteiger charge is -2.14. The van der Waals surface area contributed by atoms with Crippen molar-refractivity contribution in [1.29, 1.82) is 0 Å². The summed E-state index contributed by atoms with van der Waals surface area (Å²) in [6, 6.07) is 10.8. The molecule has 0 heterocycles. The third-order valence-electron chi connectivity index (χ3n) is 2.60. The molecule has 0 amide bonds. The molecule has 0 bridgehead atoms. The van der Waals surface area contributed by atoms with Crippen molar-refractivity contribution in [2.24, 2.45) is 0 Å². The molecule has 0 aliphatic rings. The third-order valence-corrected chi connectivity index (χ3v) is 3.23. The summed E-state index contributed by atoms with van der Waals surface area (Å²) in [6.07, 6.45) is 0. The number of hydrogen-bond acceptors (Lipinski definition) is 4. The van der Waals surface area contributed by atoms with E-state index in [1.54, 1.807) is 0 Å². The highest BCUT2D eigenvalue weighted by molar-refractivity contribution is 6.38. The monoisotopic (exact) mass is 313 g/mol. The third kappa shape index (κ3) is 3.21. The highest BCUT2D eigenvalue weighted by Crippen LogP contribution is 2.44. The zero-order valence-electron chi connectivity index (χ0n) is 10.7. The summed E-state index contributed by atoms with van der Waals surface area (Å²) >= 11 is 12.0. The topological polar surface area (TPSA) is 50.7 Å². The SMILES string of the molecule is COc1c(Cl)cc(NCOc2ccccc2)c(O)c1Cl. The van der Waals surface area contributed by atoms with E-state index in [1.165, 1.54) is 13.2 Å². The maximum Gasteiger partial charge on any atom is 0.161 e. The van der Waals surface area contributed by atoms with Crippen LogP contribution in [-0.2, 0) is 0 Å². The number of methoxy groups -OCH3 is 1. The summed E-state index contributed by atoms with van der Waals surface area (Å²) in [4.78, 5) is 0. The van der Waals surface area contributed by atoms with E-state index in [0.29, 0.717) is 16.5 Å². The minimum absolute atomic E-state index is 0.0576. The van der Waals surface area contributed by atoms with E-state index < -0.39 is 0 Å². The number of phenols is 1. The summed E-state index contributed by atoms with van der Waals surface area (Å²) in [5.74, 6) is 0.815. The van der Waals surface area contributed by atoms with Gasteiger partial charge in [-0.2, -0.15) is 0 Å². The van der Waals surface area contributed by atoms with Gasteiger partial charge in [0.15, 0.2) is 18.2 Å². The van der Waals surface area contributed by atoms with Crippen molar-refractivity contribution >= 4 is 28.9 Å². The number of benzene rings is 2. The highest BCUT2D eigenvalue weighted by Gasteiger charge is 2.15. The first-order valence-corrected chi connectivity index (χ1v) is 6.55. The van der Waals surface area contributed by atoms with Crippen molar-refractivity contribution in [3.05, 3.63) is 46.4 Å². The predicted octanol–water partition coefficient (Wildman–Crippen LogP) is 4.16. The predicted molar refractivity (Wildman–Crippen MR) is 80.2 cm³/mol. The first kappa shape index (κ1) is 14.6. The van der Waals surface area contributed by atoms with Gasteiger partial charge >= 0.3 is 0 Å². The molecule has 0 radical (unpaired) electrons. The summed E-state index contributed by atoms with van der Waals surface area (Å²) in [5.41, 5.74) is 0.372. The molecule has 2 rings (SSSR count). The molecule has 0 unspecified atom stereocenters. The minimum atomic E-state index is -0.135. The number of rotatable bonds is 5. The molecule has 0 atom stereocenters. The second-order valence-corrected chi connectivity index (χ2v) is 4.67. The maximum absolute atomic E-state index is 9.94. The van der Waals surface area contributed by atoms with Crippen LogP contribution in [0.15, 0.2) is 36.4 Å². The molecule has 0 aliphatic carbocycles. The lowest BCUT2D eigenvalue weighted by molar-refractivity contribution is 0.345. The van der Waals surface area contributed by atoms with Crippen molar-refractivity contribution < 1.29 is 14.6 Å². The normalized spacial score (nSPS) is 10.2. The Morgan fingerprint density at radius 3 is 2.55 bits per heavy atom. The highest BCUT2D eigenvalue weighted by atomic mass is 35.5. The van der Waals surface area contributed by atoms with Crippen LogP contribution in [-0.4, -0.2) is 18.9 Å². The van der Waals surface area contributed by atoms with Gasteiger partial charge in [-0.3, -0.25) is 0 Å². The zero-order chi connectivity index (χ0) is 14.5. The zero-order valence-corrected chi connectivity index (χ0v) is 12.2. The number of nitrogens with one attached hydrogen (secondary N) is 1. The molecule has 0 aromatic heterocycles. The lowest BCUT2D eigenvalue weighted by atomic mass is 10.2. The summed E-state index contributed by atoms with van der Waals surface area (Å²) < 4.78 is 10.5. The van der Waals surface area contributed by atoms with Gasteiger partial charge in [-0.25, -0.2) is 0 Å². The Morgan fingerprint density at radius 2 is 1.90 bits per heavy atom. The molecule has 6 heteroatoms. The lowest BCUT2D eigenvalue weighted by Crippen LogP contribution is -2.09. The van der Waals surface area contributed by atoms with E-state index >= 15 is 0 Å². The van der Waals surface area contributed by atoms with Gasteiger partial charge in [0.2, 0.25) is 0 Å². The molecule has 0 fully saturated rings. The molecule has 4 nitrogen and oxygen atoms in total. The Hall–Kier alpha value is -1.78. The Bertz CT molecular complexity index is 591. The van der Waals surface area contributed by atoms with Gasteiger partial charge in [-0.15, -0.1) is 0 Å². The molecule has 0 aliphatic heterocycles. The minimum Gasteiger partial charge on any atom is -0.504 e. The molecule has 106 valence electrons. The number of phenolic OH excluding ortho intramolecular Hbond substituents is 1. The van der Waals surface area contributed by atoms with Crippen LogP contribution in [0.25, 0.3) is 0 Å². The van der Waals surface area contributed by atoms with Crippen LogP contribution >= 0.6 is 23.2 Å². The molecule has 2 aromatic rings. The number of halogens is 2. The van der Waals surface area contributed by atoms with Gasteiger partial charge in [0.1, 0.15) is 10.8 Å². The molecule has 2 aromatic carbocycles. The van der Waals surface area contributed by atoms with Gasteiger partial charge in [-0.1, -0.05) is 41.4 Å². The van der Waals surface area contributed by atoms with Gasteiger partial charge in [0, 0.05) is 0 Å². The van der Waals surface area contributed by atoms with E-state index in [4.69, 9.17) is 32.7 Å². The quantitative estimate of drug-likeness (QED) is 0.643. The molecule has 0 saturated heterocycles. The van der Waals surface area contributed by atoms with Crippen LogP contribution in [0.3, 0.4) is 0 Å². The molecule has 2 N–H and O–H groups in total. The molecule has 0 saturated carbocycles. The van der Waals surface area contributed by atoms with E-state index in [-0.39, 0.29) is 23.3 Å². The number of anilines is 1. The van der Waals surface area contributed by atoms with Crippen molar-refractivity contribution in [2.45, 2.75) is 0 Å². The second-order valence-electron chi connectivity index (χ2n) is 3.88. The van der Waals surface area contributed by atoms with Gasteiger partial charge in [-0.05, 0) is 18.2 Å². The standard InChI is InChI=1S/C14H13Cl2NO3/c1-19-14-10(15)7-11(13(18)12(14)16)17-8-20-9-5-3-2-4-6-9/h2-7,17-18H,8H2,1H3. The second kappa shape index (κ2) is 6.59. The Kier molecular flexibility index (Phi) is 4.82.